The molecule has 16 heavy (non-hydrogen) atoms. The van der Waals surface area contributed by atoms with Gasteiger partial charge in [-0.15, -0.1) is 0 Å². The fourth-order valence-corrected chi connectivity index (χ4v) is 2.20. The van der Waals surface area contributed by atoms with Crippen LogP contribution in [0, 0.1) is 5.41 Å². The summed E-state index contributed by atoms with van der Waals surface area (Å²) in [6, 6.07) is 3.55. The summed E-state index contributed by atoms with van der Waals surface area (Å²) in [6.45, 7) is 4.15. The normalized spacial score (nSPS) is 17.3. The molecule has 1 aliphatic rings. The van der Waals surface area contributed by atoms with Crippen LogP contribution in [0.5, 0.6) is 5.75 Å². The van der Waals surface area contributed by atoms with Gasteiger partial charge < -0.3 is 10.4 Å². The summed E-state index contributed by atoms with van der Waals surface area (Å²) in [5.41, 5.74) is 1.58. The lowest BCUT2D eigenvalue weighted by atomic mass is 10.0. The maximum absolute atomic E-state index is 9.11. The molecule has 0 atom stereocenters. The highest BCUT2D eigenvalue weighted by Gasteiger charge is 2.40. The summed E-state index contributed by atoms with van der Waals surface area (Å²) < 4.78 is 0. The number of aromatic hydroxyl groups is 1. The van der Waals surface area contributed by atoms with Gasteiger partial charge in [0, 0.05) is 13.1 Å². The number of nitrogens with zero attached hydrogens (tertiary/aromatic N) is 1. The largest absolute Gasteiger partial charge is 0.506 e. The number of hydrogen-bond donors (Lipinski definition) is 2. The van der Waals surface area contributed by atoms with Crippen LogP contribution < -0.4 is 5.32 Å². The van der Waals surface area contributed by atoms with Gasteiger partial charge in [0.2, 0.25) is 0 Å². The molecule has 0 spiro atoms. The molecule has 1 fully saturated rings. The molecule has 1 aromatic rings. The van der Waals surface area contributed by atoms with E-state index in [4.69, 9.17) is 5.11 Å². The van der Waals surface area contributed by atoms with Crippen LogP contribution in [0.15, 0.2) is 18.3 Å². The highest BCUT2D eigenvalue weighted by molar-refractivity contribution is 5.17. The summed E-state index contributed by atoms with van der Waals surface area (Å²) in [5, 5.41) is 12.6. The van der Waals surface area contributed by atoms with Crippen molar-refractivity contribution >= 4 is 0 Å². The van der Waals surface area contributed by atoms with E-state index in [9.17, 15) is 0 Å². The zero-order chi connectivity index (χ0) is 11.4. The molecular formula is C13H20N2O. The first kappa shape index (κ1) is 11.4. The minimum Gasteiger partial charge on any atom is -0.506 e. The summed E-state index contributed by atoms with van der Waals surface area (Å²) in [4.78, 5) is 4.15. The molecule has 2 rings (SSSR count). The molecule has 0 aromatic carbocycles. The van der Waals surface area contributed by atoms with E-state index in [1.54, 1.807) is 6.07 Å². The lowest BCUT2D eigenvalue weighted by molar-refractivity contribution is 0.419. The van der Waals surface area contributed by atoms with Gasteiger partial charge in [-0.05, 0) is 36.8 Å². The Bertz CT molecular complexity index is 330. The van der Waals surface area contributed by atoms with Crippen molar-refractivity contribution in [3.8, 4) is 5.75 Å². The molecule has 3 heteroatoms. The lowest BCUT2D eigenvalue weighted by Crippen LogP contribution is -2.23. The summed E-state index contributed by atoms with van der Waals surface area (Å²) in [5.74, 6) is 0.230. The van der Waals surface area contributed by atoms with E-state index in [1.165, 1.54) is 31.9 Å². The van der Waals surface area contributed by atoms with E-state index in [-0.39, 0.29) is 5.75 Å². The molecule has 0 saturated heterocycles. The molecular weight excluding hydrogens is 200 g/mol. The first-order chi connectivity index (χ1) is 7.74. The Kier molecular flexibility index (Phi) is 3.44. The van der Waals surface area contributed by atoms with E-state index in [1.807, 2.05) is 6.07 Å². The van der Waals surface area contributed by atoms with Crippen LogP contribution in [0.1, 0.15) is 38.3 Å². The standard InChI is InChI=1S/C13H20N2O/c1-2-5-13(6-7-13)10-14-8-11-3-4-12(16)9-15-11/h3-4,9,14,16H,2,5-8,10H2,1H3. The zero-order valence-corrected chi connectivity index (χ0v) is 9.87. The number of aromatic nitrogens is 1. The highest BCUT2D eigenvalue weighted by Crippen LogP contribution is 2.48. The van der Waals surface area contributed by atoms with Crippen molar-refractivity contribution in [1.29, 1.82) is 0 Å². The summed E-state index contributed by atoms with van der Waals surface area (Å²) >= 11 is 0. The topological polar surface area (TPSA) is 45.1 Å². The molecule has 0 unspecified atom stereocenters. The highest BCUT2D eigenvalue weighted by atomic mass is 16.3. The molecule has 3 nitrogen and oxygen atoms in total. The van der Waals surface area contributed by atoms with Crippen LogP contribution in [0.25, 0.3) is 0 Å². The summed E-state index contributed by atoms with van der Waals surface area (Å²) in [6.07, 6.45) is 6.85. The molecule has 1 aromatic heterocycles. The van der Waals surface area contributed by atoms with E-state index >= 15 is 0 Å². The number of hydrogen-bond acceptors (Lipinski definition) is 3. The second-order valence-corrected chi connectivity index (χ2v) is 4.86. The van der Waals surface area contributed by atoms with Gasteiger partial charge in [-0.25, -0.2) is 0 Å². The molecule has 0 radical (unpaired) electrons. The average molecular weight is 220 g/mol. The predicted molar refractivity (Wildman–Crippen MR) is 64.2 cm³/mol. The van der Waals surface area contributed by atoms with Crippen molar-refractivity contribution in [2.75, 3.05) is 6.54 Å². The fraction of sp³-hybridized carbons (Fsp3) is 0.615. The smallest absolute Gasteiger partial charge is 0.133 e. The Morgan fingerprint density at radius 1 is 1.44 bits per heavy atom. The number of rotatable bonds is 6. The molecule has 88 valence electrons. The Balaban J connectivity index is 1.74. The van der Waals surface area contributed by atoms with Crippen molar-refractivity contribution < 1.29 is 5.11 Å². The van der Waals surface area contributed by atoms with E-state index < -0.39 is 0 Å². The minimum absolute atomic E-state index is 0.230. The summed E-state index contributed by atoms with van der Waals surface area (Å²) in [7, 11) is 0. The van der Waals surface area contributed by atoms with E-state index in [2.05, 4.69) is 17.2 Å². The van der Waals surface area contributed by atoms with Gasteiger partial charge in [0.25, 0.3) is 0 Å². The Labute approximate surface area is 96.9 Å². The lowest BCUT2D eigenvalue weighted by Gasteiger charge is -2.14. The first-order valence-electron chi connectivity index (χ1n) is 6.09. The Morgan fingerprint density at radius 3 is 2.81 bits per heavy atom. The second kappa shape index (κ2) is 4.83. The van der Waals surface area contributed by atoms with Crippen LogP contribution in [0.4, 0.5) is 0 Å². The molecule has 1 saturated carbocycles. The van der Waals surface area contributed by atoms with Crippen LogP contribution >= 0.6 is 0 Å². The van der Waals surface area contributed by atoms with Crippen molar-refractivity contribution in [3.63, 3.8) is 0 Å². The van der Waals surface area contributed by atoms with Crippen molar-refractivity contribution in [2.45, 2.75) is 39.2 Å². The van der Waals surface area contributed by atoms with Crippen LogP contribution in [-0.2, 0) is 6.54 Å². The average Bonchev–Trinajstić information content (AvgIpc) is 3.02. The molecule has 0 aliphatic heterocycles. The number of pyridine rings is 1. The van der Waals surface area contributed by atoms with Gasteiger partial charge in [0.05, 0.1) is 11.9 Å². The van der Waals surface area contributed by atoms with Crippen LogP contribution in [0.3, 0.4) is 0 Å². The van der Waals surface area contributed by atoms with Gasteiger partial charge in [0.15, 0.2) is 0 Å². The van der Waals surface area contributed by atoms with Gasteiger partial charge in [-0.2, -0.15) is 0 Å². The third-order valence-corrected chi connectivity index (χ3v) is 3.35. The second-order valence-electron chi connectivity index (χ2n) is 4.86. The molecule has 0 bridgehead atoms. The third kappa shape index (κ3) is 2.95. The van der Waals surface area contributed by atoms with E-state index in [0.717, 1.165) is 18.8 Å². The molecule has 1 aliphatic carbocycles. The monoisotopic (exact) mass is 220 g/mol. The predicted octanol–water partition coefficient (Wildman–Crippen LogP) is 2.46. The van der Waals surface area contributed by atoms with Crippen LogP contribution in [-0.4, -0.2) is 16.6 Å². The Hall–Kier alpha value is -1.09. The van der Waals surface area contributed by atoms with Crippen molar-refractivity contribution in [2.24, 2.45) is 5.41 Å². The van der Waals surface area contributed by atoms with Gasteiger partial charge in [-0.1, -0.05) is 13.3 Å². The molecule has 0 amide bonds. The fourth-order valence-electron chi connectivity index (χ4n) is 2.20. The van der Waals surface area contributed by atoms with Gasteiger partial charge in [0.1, 0.15) is 5.75 Å². The van der Waals surface area contributed by atoms with Gasteiger partial charge in [-0.3, -0.25) is 4.98 Å². The van der Waals surface area contributed by atoms with Crippen molar-refractivity contribution in [1.82, 2.24) is 10.3 Å². The maximum Gasteiger partial charge on any atom is 0.133 e. The van der Waals surface area contributed by atoms with E-state index in [0.29, 0.717) is 5.41 Å². The van der Waals surface area contributed by atoms with Crippen LogP contribution in [0.2, 0.25) is 0 Å². The minimum atomic E-state index is 0.230. The SMILES string of the molecule is CCCC1(CNCc2ccc(O)cn2)CC1. The number of nitrogens with one attached hydrogen (secondary N) is 1. The molecule has 2 N–H and O–H groups in total. The third-order valence-electron chi connectivity index (χ3n) is 3.35. The maximum atomic E-state index is 9.11. The molecule has 1 heterocycles. The first-order valence-corrected chi connectivity index (χ1v) is 6.09. The van der Waals surface area contributed by atoms with Crippen molar-refractivity contribution in [3.05, 3.63) is 24.0 Å². The quantitative estimate of drug-likeness (QED) is 0.774. The zero-order valence-electron chi connectivity index (χ0n) is 9.87. The Morgan fingerprint density at radius 2 is 2.25 bits per heavy atom. The van der Waals surface area contributed by atoms with Gasteiger partial charge >= 0.3 is 0 Å².